The SMILES string of the molecule is COc1ccc(-c2cc(/C=C(\c3ccccc3)c3cn(C)c4ccccc34)cc(-c3ccc(OC)cc3)[o+]2)cc1. The third kappa shape index (κ3) is 4.99. The van der Waals surface area contributed by atoms with Crippen LogP contribution in [0.4, 0.5) is 0 Å². The Kier molecular flexibility index (Phi) is 6.90. The fourth-order valence-electron chi connectivity index (χ4n) is 5.06. The number of aromatic nitrogens is 1. The van der Waals surface area contributed by atoms with Gasteiger partial charge < -0.3 is 14.0 Å². The second-order valence-corrected chi connectivity index (χ2v) is 9.67. The third-order valence-electron chi connectivity index (χ3n) is 7.15. The van der Waals surface area contributed by atoms with Crippen LogP contribution in [0.15, 0.2) is 126 Å². The molecule has 0 fully saturated rings. The van der Waals surface area contributed by atoms with E-state index in [1.165, 1.54) is 16.5 Å². The number of hydrogen-bond acceptors (Lipinski definition) is 2. The molecule has 0 radical (unpaired) electrons. The molecule has 196 valence electrons. The minimum absolute atomic E-state index is 0.771. The van der Waals surface area contributed by atoms with Gasteiger partial charge in [0.25, 0.3) is 0 Å². The molecule has 0 saturated heterocycles. The maximum Gasteiger partial charge on any atom is 0.361 e. The van der Waals surface area contributed by atoms with Gasteiger partial charge in [-0.1, -0.05) is 48.5 Å². The Morgan fingerprint density at radius 2 is 1.23 bits per heavy atom. The quantitative estimate of drug-likeness (QED) is 0.195. The summed E-state index contributed by atoms with van der Waals surface area (Å²) in [5.74, 6) is 3.15. The van der Waals surface area contributed by atoms with Crippen molar-refractivity contribution in [2.24, 2.45) is 7.05 Å². The highest BCUT2D eigenvalue weighted by molar-refractivity contribution is 6.02. The first-order valence-electron chi connectivity index (χ1n) is 13.2. The standard InChI is InChI=1S/C36H30NO3/c1-37-24-33(31-11-7-8-12-34(31)37)32(26-9-5-4-6-10-26)21-25-22-35(27-13-17-29(38-2)18-14-27)40-36(23-25)28-15-19-30(39-3)20-16-28/h4-24H,1-3H3/q+1/b32-21+. The summed E-state index contributed by atoms with van der Waals surface area (Å²) in [7, 11) is 5.44. The van der Waals surface area contributed by atoms with Crippen LogP contribution in [0, 0.1) is 0 Å². The third-order valence-corrected chi connectivity index (χ3v) is 7.15. The molecule has 6 rings (SSSR count). The minimum atomic E-state index is 0.771. The molecule has 0 atom stereocenters. The van der Waals surface area contributed by atoms with E-state index in [1.54, 1.807) is 14.2 Å². The fraction of sp³-hybridized carbons (Fsp3) is 0.0833. The molecular formula is C36H30NO3+. The number of nitrogens with zero attached hydrogens (tertiary/aromatic N) is 1. The van der Waals surface area contributed by atoms with Gasteiger partial charge in [0.05, 0.1) is 37.5 Å². The number of methoxy groups -OCH3 is 2. The molecule has 0 aliphatic carbocycles. The van der Waals surface area contributed by atoms with Gasteiger partial charge in [0.2, 0.25) is 0 Å². The minimum Gasteiger partial charge on any atom is -0.497 e. The summed E-state index contributed by atoms with van der Waals surface area (Å²) in [6.45, 7) is 0. The summed E-state index contributed by atoms with van der Waals surface area (Å²) in [5.41, 5.74) is 7.65. The van der Waals surface area contributed by atoms with E-state index >= 15 is 0 Å². The van der Waals surface area contributed by atoms with Crippen LogP contribution < -0.4 is 9.47 Å². The topological polar surface area (TPSA) is 34.7 Å². The van der Waals surface area contributed by atoms with Crippen molar-refractivity contribution < 1.29 is 13.9 Å². The lowest BCUT2D eigenvalue weighted by atomic mass is 9.95. The predicted octanol–water partition coefficient (Wildman–Crippen LogP) is 8.99. The summed E-state index contributed by atoms with van der Waals surface area (Å²) in [6.07, 6.45) is 4.47. The molecule has 0 amide bonds. The van der Waals surface area contributed by atoms with E-state index in [9.17, 15) is 0 Å². The molecule has 40 heavy (non-hydrogen) atoms. The van der Waals surface area contributed by atoms with Gasteiger partial charge >= 0.3 is 11.5 Å². The van der Waals surface area contributed by atoms with E-state index in [4.69, 9.17) is 13.9 Å². The van der Waals surface area contributed by atoms with Crippen molar-refractivity contribution in [1.82, 2.24) is 4.57 Å². The molecule has 6 aromatic rings. The highest BCUT2D eigenvalue weighted by Crippen LogP contribution is 2.36. The molecule has 4 nitrogen and oxygen atoms in total. The van der Waals surface area contributed by atoms with Crippen LogP contribution in [0.2, 0.25) is 0 Å². The molecule has 0 N–H and O–H groups in total. The molecule has 4 heteroatoms. The van der Waals surface area contributed by atoms with Gasteiger partial charge in [-0.3, -0.25) is 0 Å². The largest absolute Gasteiger partial charge is 0.497 e. The zero-order valence-corrected chi connectivity index (χ0v) is 22.8. The molecule has 0 spiro atoms. The molecule has 2 heterocycles. The normalized spacial score (nSPS) is 11.5. The summed E-state index contributed by atoms with van der Waals surface area (Å²) < 4.78 is 19.4. The number of hydrogen-bond donors (Lipinski definition) is 0. The van der Waals surface area contributed by atoms with Gasteiger partial charge in [0, 0.05) is 29.7 Å². The van der Waals surface area contributed by atoms with E-state index in [2.05, 4.69) is 90.6 Å². The zero-order valence-electron chi connectivity index (χ0n) is 22.8. The maximum absolute atomic E-state index is 6.49. The van der Waals surface area contributed by atoms with Crippen molar-refractivity contribution in [3.8, 4) is 34.1 Å². The molecule has 4 aromatic carbocycles. The highest BCUT2D eigenvalue weighted by Gasteiger charge is 2.21. The number of aryl methyl sites for hydroxylation is 1. The van der Waals surface area contributed by atoms with Crippen LogP contribution in [0.1, 0.15) is 16.7 Å². The summed E-state index contributed by atoms with van der Waals surface area (Å²) in [5, 5.41) is 1.21. The highest BCUT2D eigenvalue weighted by atomic mass is 16.5. The Hall–Kier alpha value is -5.09. The summed E-state index contributed by atoms with van der Waals surface area (Å²) in [6, 6.07) is 39.1. The van der Waals surface area contributed by atoms with Crippen LogP contribution in [-0.2, 0) is 7.05 Å². The first-order chi connectivity index (χ1) is 19.6. The van der Waals surface area contributed by atoms with Crippen molar-refractivity contribution >= 4 is 22.6 Å². The van der Waals surface area contributed by atoms with Crippen molar-refractivity contribution in [3.63, 3.8) is 0 Å². The van der Waals surface area contributed by atoms with Gasteiger partial charge in [-0.05, 0) is 77.4 Å². The first-order valence-corrected chi connectivity index (χ1v) is 13.2. The van der Waals surface area contributed by atoms with E-state index in [-0.39, 0.29) is 0 Å². The Balaban J connectivity index is 1.57. The number of rotatable bonds is 7. The lowest BCUT2D eigenvalue weighted by Crippen LogP contribution is -1.90. The van der Waals surface area contributed by atoms with Crippen molar-refractivity contribution in [1.29, 1.82) is 0 Å². The number of ether oxygens (including phenoxy) is 2. The number of fused-ring (bicyclic) bond motifs is 1. The molecule has 0 aliphatic heterocycles. The average Bonchev–Trinajstić information content (AvgIpc) is 3.36. The first kappa shape index (κ1) is 25.2. The Morgan fingerprint density at radius 1 is 0.675 bits per heavy atom. The molecule has 0 bridgehead atoms. The van der Waals surface area contributed by atoms with Gasteiger partial charge in [-0.25, -0.2) is 4.42 Å². The second kappa shape index (κ2) is 11.0. The number of benzene rings is 4. The van der Waals surface area contributed by atoms with Gasteiger partial charge in [-0.2, -0.15) is 0 Å². The molecule has 0 unspecified atom stereocenters. The van der Waals surface area contributed by atoms with E-state index in [0.717, 1.165) is 50.8 Å². The fourth-order valence-corrected chi connectivity index (χ4v) is 5.06. The molecule has 0 aliphatic rings. The van der Waals surface area contributed by atoms with E-state index in [1.807, 2.05) is 48.5 Å². The van der Waals surface area contributed by atoms with Crippen molar-refractivity contribution in [2.75, 3.05) is 14.2 Å². The lowest BCUT2D eigenvalue weighted by molar-refractivity contribution is 0.415. The summed E-state index contributed by atoms with van der Waals surface area (Å²) in [4.78, 5) is 0. The van der Waals surface area contributed by atoms with Crippen LogP contribution in [0.25, 0.3) is 45.2 Å². The zero-order chi connectivity index (χ0) is 27.5. The second-order valence-electron chi connectivity index (χ2n) is 9.67. The molecular weight excluding hydrogens is 494 g/mol. The predicted molar refractivity (Wildman–Crippen MR) is 163 cm³/mol. The molecule has 0 saturated carbocycles. The Labute approximate surface area is 234 Å². The monoisotopic (exact) mass is 524 g/mol. The molecule has 2 aromatic heterocycles. The van der Waals surface area contributed by atoms with E-state index < -0.39 is 0 Å². The summed E-state index contributed by atoms with van der Waals surface area (Å²) >= 11 is 0. The van der Waals surface area contributed by atoms with Crippen LogP contribution in [-0.4, -0.2) is 18.8 Å². The lowest BCUT2D eigenvalue weighted by Gasteiger charge is -2.08. The van der Waals surface area contributed by atoms with Crippen molar-refractivity contribution in [2.45, 2.75) is 0 Å². The van der Waals surface area contributed by atoms with Crippen molar-refractivity contribution in [3.05, 3.63) is 138 Å². The number of para-hydroxylation sites is 1. The maximum atomic E-state index is 6.49. The van der Waals surface area contributed by atoms with Crippen LogP contribution >= 0.6 is 0 Å². The Morgan fingerprint density at radius 3 is 1.80 bits per heavy atom. The van der Waals surface area contributed by atoms with Crippen LogP contribution in [0.3, 0.4) is 0 Å². The average molecular weight is 525 g/mol. The smallest absolute Gasteiger partial charge is 0.361 e. The van der Waals surface area contributed by atoms with E-state index in [0.29, 0.717) is 0 Å². The Bertz CT molecular complexity index is 1730. The van der Waals surface area contributed by atoms with Gasteiger partial charge in [0.1, 0.15) is 11.5 Å². The van der Waals surface area contributed by atoms with Crippen LogP contribution in [0.5, 0.6) is 11.5 Å². The van der Waals surface area contributed by atoms with Gasteiger partial charge in [0.15, 0.2) is 0 Å². The van der Waals surface area contributed by atoms with Gasteiger partial charge in [-0.15, -0.1) is 0 Å².